The fourth-order valence-corrected chi connectivity index (χ4v) is 6.64. The standard InChI is InChI=1S/C36H37N7O4/c1-47-36(46)42-32(22-7-3-2-4-8-22)35(45)43-16-6-9-27(43)21-39-34(44)26-17-25-12-11-23(18-30(25)38-20-26)24-13-14-28-31(19-24)41-33(40-28)29-10-5-15-37-29/h2-4,7-8,11-14,17-20,27,29,32,37H,5-6,9-10,15-16,21H2,1H3,(H,39,44)(H,40,41)(H,42,46)/t27-,29-,32+/m0/s1. The lowest BCUT2D eigenvalue weighted by atomic mass is 10.0. The summed E-state index contributed by atoms with van der Waals surface area (Å²) in [5.74, 6) is 0.492. The smallest absolute Gasteiger partial charge is 0.407 e. The van der Waals surface area contributed by atoms with Gasteiger partial charge in [-0.25, -0.2) is 9.78 Å². The summed E-state index contributed by atoms with van der Waals surface area (Å²) >= 11 is 0. The van der Waals surface area contributed by atoms with Gasteiger partial charge >= 0.3 is 6.09 Å². The van der Waals surface area contributed by atoms with Crippen LogP contribution in [-0.4, -0.2) is 70.5 Å². The fourth-order valence-electron chi connectivity index (χ4n) is 6.64. The van der Waals surface area contributed by atoms with Crippen molar-refractivity contribution in [2.75, 3.05) is 26.7 Å². The van der Waals surface area contributed by atoms with Gasteiger partial charge in [-0.3, -0.25) is 14.6 Å². The van der Waals surface area contributed by atoms with Crippen molar-refractivity contribution in [2.24, 2.45) is 0 Å². The number of amides is 3. The zero-order valence-corrected chi connectivity index (χ0v) is 26.2. The first-order chi connectivity index (χ1) is 23.0. The molecule has 0 spiro atoms. The molecule has 240 valence electrons. The van der Waals surface area contributed by atoms with Gasteiger partial charge in [0.05, 0.1) is 35.3 Å². The highest BCUT2D eigenvalue weighted by atomic mass is 16.5. The monoisotopic (exact) mass is 631 g/mol. The number of methoxy groups -OCH3 is 1. The van der Waals surface area contributed by atoms with Crippen LogP contribution in [0.15, 0.2) is 79.0 Å². The van der Waals surface area contributed by atoms with E-state index >= 15 is 0 Å². The largest absolute Gasteiger partial charge is 0.453 e. The Morgan fingerprint density at radius 3 is 2.62 bits per heavy atom. The van der Waals surface area contributed by atoms with Gasteiger partial charge in [-0.15, -0.1) is 0 Å². The third-order valence-corrected chi connectivity index (χ3v) is 9.16. The average molecular weight is 632 g/mol. The minimum atomic E-state index is -0.886. The second kappa shape index (κ2) is 13.2. The molecule has 0 unspecified atom stereocenters. The number of benzene rings is 3. The van der Waals surface area contributed by atoms with E-state index in [9.17, 15) is 14.4 Å². The highest BCUT2D eigenvalue weighted by Gasteiger charge is 2.35. The van der Waals surface area contributed by atoms with Crippen molar-refractivity contribution in [1.82, 2.24) is 35.8 Å². The third-order valence-electron chi connectivity index (χ3n) is 9.16. The van der Waals surface area contributed by atoms with Gasteiger partial charge in [0, 0.05) is 30.7 Å². The zero-order chi connectivity index (χ0) is 32.3. The van der Waals surface area contributed by atoms with Crippen molar-refractivity contribution < 1.29 is 19.1 Å². The number of carbonyl (C=O) groups excluding carboxylic acids is 3. The quantitative estimate of drug-likeness (QED) is 0.188. The number of hydrogen-bond acceptors (Lipinski definition) is 7. The second-order valence-corrected chi connectivity index (χ2v) is 12.2. The van der Waals surface area contributed by atoms with Crippen molar-refractivity contribution in [3.63, 3.8) is 0 Å². The SMILES string of the molecule is COC(=O)N[C@@H](C(=O)N1CCC[C@H]1CNC(=O)c1cnc2cc(-c3ccc4nc([C@@H]5CCCN5)[nH]c4c3)ccc2c1)c1ccccc1. The Bertz CT molecular complexity index is 1940. The minimum absolute atomic E-state index is 0.203. The van der Waals surface area contributed by atoms with Crippen LogP contribution in [0.4, 0.5) is 4.79 Å². The Kier molecular flexibility index (Phi) is 8.54. The molecule has 2 saturated heterocycles. The van der Waals surface area contributed by atoms with Crippen LogP contribution in [0.3, 0.4) is 0 Å². The van der Waals surface area contributed by atoms with Crippen molar-refractivity contribution >= 4 is 39.8 Å². The molecule has 11 heteroatoms. The topological polar surface area (TPSA) is 141 Å². The van der Waals surface area contributed by atoms with Gasteiger partial charge in [-0.2, -0.15) is 0 Å². The molecule has 0 bridgehead atoms. The van der Waals surface area contributed by atoms with E-state index in [1.807, 2.05) is 48.5 Å². The van der Waals surface area contributed by atoms with Crippen LogP contribution >= 0.6 is 0 Å². The van der Waals surface area contributed by atoms with E-state index in [4.69, 9.17) is 9.72 Å². The van der Waals surface area contributed by atoms with E-state index in [0.717, 1.165) is 71.1 Å². The van der Waals surface area contributed by atoms with Crippen molar-refractivity contribution in [1.29, 1.82) is 0 Å². The number of ether oxygens (including phenoxy) is 1. The van der Waals surface area contributed by atoms with E-state index in [1.165, 1.54) is 7.11 Å². The number of fused-ring (bicyclic) bond motifs is 2. The van der Waals surface area contributed by atoms with Gasteiger partial charge in [0.25, 0.3) is 5.91 Å². The number of rotatable bonds is 8. The maximum absolute atomic E-state index is 13.6. The van der Waals surface area contributed by atoms with Crippen molar-refractivity contribution in [3.8, 4) is 11.1 Å². The van der Waals surface area contributed by atoms with E-state index in [2.05, 4.69) is 38.1 Å². The van der Waals surface area contributed by atoms with Gasteiger partial charge in [0.2, 0.25) is 5.91 Å². The first-order valence-corrected chi connectivity index (χ1v) is 16.1. The van der Waals surface area contributed by atoms with Crippen LogP contribution in [0, 0.1) is 0 Å². The van der Waals surface area contributed by atoms with Gasteiger partial charge in [0.15, 0.2) is 0 Å². The number of likely N-dealkylation sites (tertiary alicyclic amines) is 1. The maximum Gasteiger partial charge on any atom is 0.407 e. The van der Waals surface area contributed by atoms with Gasteiger partial charge in [-0.1, -0.05) is 48.5 Å². The normalized spacial score (nSPS) is 18.4. The summed E-state index contributed by atoms with van der Waals surface area (Å²) in [6, 6.07) is 22.4. The molecule has 2 aliphatic rings. The lowest BCUT2D eigenvalue weighted by molar-refractivity contribution is -0.134. The molecule has 47 heavy (non-hydrogen) atoms. The number of hydrogen-bond donors (Lipinski definition) is 4. The number of aromatic nitrogens is 3. The fraction of sp³-hybridized carbons (Fsp3) is 0.306. The Hall–Kier alpha value is -5.29. The predicted octanol–water partition coefficient (Wildman–Crippen LogP) is 5.02. The first-order valence-electron chi connectivity index (χ1n) is 16.1. The minimum Gasteiger partial charge on any atom is -0.453 e. The number of nitrogens with one attached hydrogen (secondary N) is 4. The van der Waals surface area contributed by atoms with E-state index < -0.39 is 12.1 Å². The molecule has 11 nitrogen and oxygen atoms in total. The highest BCUT2D eigenvalue weighted by molar-refractivity contribution is 5.98. The molecule has 3 aromatic carbocycles. The zero-order valence-electron chi connectivity index (χ0n) is 26.2. The highest BCUT2D eigenvalue weighted by Crippen LogP contribution is 2.29. The molecule has 5 aromatic rings. The van der Waals surface area contributed by atoms with Crippen LogP contribution in [-0.2, 0) is 9.53 Å². The van der Waals surface area contributed by atoms with E-state index in [0.29, 0.717) is 17.7 Å². The van der Waals surface area contributed by atoms with Crippen molar-refractivity contribution in [3.05, 3.63) is 95.9 Å². The van der Waals surface area contributed by atoms with Crippen molar-refractivity contribution in [2.45, 2.75) is 43.8 Å². The molecule has 4 heterocycles. The molecule has 0 saturated carbocycles. The van der Waals surface area contributed by atoms with Crippen LogP contribution in [0.25, 0.3) is 33.1 Å². The molecule has 0 aliphatic carbocycles. The molecule has 2 aliphatic heterocycles. The predicted molar refractivity (Wildman–Crippen MR) is 179 cm³/mol. The third kappa shape index (κ3) is 6.39. The Morgan fingerprint density at radius 2 is 1.81 bits per heavy atom. The first kappa shape index (κ1) is 30.4. The number of carbonyl (C=O) groups is 3. The summed E-state index contributed by atoms with van der Waals surface area (Å²) in [5.41, 5.74) is 5.94. The average Bonchev–Trinajstić information content (AvgIpc) is 3.90. The van der Waals surface area contributed by atoms with E-state index in [1.54, 1.807) is 23.2 Å². The Labute approximate surface area is 272 Å². The number of pyridine rings is 1. The number of nitrogens with zero attached hydrogens (tertiary/aromatic N) is 3. The molecule has 7 rings (SSSR count). The molecule has 0 radical (unpaired) electrons. The lowest BCUT2D eigenvalue weighted by Crippen LogP contribution is -2.48. The van der Waals surface area contributed by atoms with Gasteiger partial charge in [-0.05, 0) is 73.2 Å². The van der Waals surface area contributed by atoms with E-state index in [-0.39, 0.29) is 30.4 Å². The summed E-state index contributed by atoms with van der Waals surface area (Å²) in [6.07, 6.45) is 4.70. The summed E-state index contributed by atoms with van der Waals surface area (Å²) in [5, 5.41) is 10.0. The maximum atomic E-state index is 13.6. The number of aromatic amines is 1. The molecule has 3 atom stereocenters. The lowest BCUT2D eigenvalue weighted by Gasteiger charge is -2.29. The molecule has 3 amide bonds. The molecule has 2 fully saturated rings. The van der Waals surface area contributed by atoms with Crippen LogP contribution in [0.1, 0.15) is 59.5 Å². The molecular weight excluding hydrogens is 594 g/mol. The second-order valence-electron chi connectivity index (χ2n) is 12.2. The Balaban J connectivity index is 1.02. The summed E-state index contributed by atoms with van der Waals surface area (Å²) in [4.78, 5) is 53.6. The summed E-state index contributed by atoms with van der Waals surface area (Å²) in [6.45, 7) is 1.85. The molecule has 4 N–H and O–H groups in total. The number of H-pyrrole nitrogens is 1. The molecule has 2 aromatic heterocycles. The van der Waals surface area contributed by atoms with Gasteiger partial charge < -0.3 is 30.6 Å². The van der Waals surface area contributed by atoms with Gasteiger partial charge in [0.1, 0.15) is 11.9 Å². The Morgan fingerprint density at radius 1 is 0.979 bits per heavy atom. The summed E-state index contributed by atoms with van der Waals surface area (Å²) in [7, 11) is 1.27. The number of alkyl carbamates (subject to hydrolysis) is 1. The molecular formula is C36H37N7O4. The van der Waals surface area contributed by atoms with Crippen LogP contribution in [0.2, 0.25) is 0 Å². The van der Waals surface area contributed by atoms with Crippen LogP contribution < -0.4 is 16.0 Å². The summed E-state index contributed by atoms with van der Waals surface area (Å²) < 4.78 is 4.77. The van der Waals surface area contributed by atoms with Crippen LogP contribution in [0.5, 0.6) is 0 Å². The number of imidazole rings is 1.